The maximum Gasteiger partial charge on any atom is 0.414 e. The molecule has 2 amide bonds. The quantitative estimate of drug-likeness (QED) is 0.563. The summed E-state index contributed by atoms with van der Waals surface area (Å²) in [5.41, 5.74) is 0.476. The fourth-order valence-electron chi connectivity index (χ4n) is 2.62. The normalized spacial score (nSPS) is 16.0. The van der Waals surface area contributed by atoms with Gasteiger partial charge in [-0.05, 0) is 18.2 Å². The highest BCUT2D eigenvalue weighted by Crippen LogP contribution is 2.26. The van der Waals surface area contributed by atoms with Crippen LogP contribution in [0.3, 0.4) is 0 Å². The molecule has 148 valence electrons. The van der Waals surface area contributed by atoms with Gasteiger partial charge in [0.05, 0.1) is 42.4 Å². The van der Waals surface area contributed by atoms with Crippen LogP contribution >= 0.6 is 24.0 Å². The number of Topliss-reactive ketones (excluding diaryl/α,β-unsaturated/α-hetero) is 1. The van der Waals surface area contributed by atoms with E-state index in [1.807, 2.05) is 0 Å². The van der Waals surface area contributed by atoms with Gasteiger partial charge in [-0.15, -0.1) is 11.3 Å². The van der Waals surface area contributed by atoms with Crippen molar-refractivity contribution in [2.45, 2.75) is 12.5 Å². The largest absolute Gasteiger partial charge is 0.442 e. The van der Waals surface area contributed by atoms with E-state index in [-0.39, 0.29) is 37.5 Å². The molecule has 2 N–H and O–H groups in total. The van der Waals surface area contributed by atoms with Gasteiger partial charge in [-0.25, -0.2) is 14.2 Å². The number of carbonyl (C=O) groups excluding carboxylic acids is 3. The van der Waals surface area contributed by atoms with Crippen LogP contribution in [-0.2, 0) is 16.0 Å². The Hall–Kier alpha value is -2.66. The van der Waals surface area contributed by atoms with Crippen LogP contribution in [-0.4, -0.2) is 47.8 Å². The second kappa shape index (κ2) is 9.02. The summed E-state index contributed by atoms with van der Waals surface area (Å²) in [5, 5.41) is 7.17. The van der Waals surface area contributed by atoms with Crippen LogP contribution in [0, 0.1) is 5.82 Å². The van der Waals surface area contributed by atoms with Gasteiger partial charge in [0, 0.05) is 11.6 Å². The lowest BCUT2D eigenvalue weighted by atomic mass is 10.2. The standard InChI is InChI=1S/C17H17FN4O4S2/c18-13-5-10(22-9-12(26-17(22)25)8-21-16(24)27)1-2-14(13)20-7-11(23)6-15-19-3-4-28-15/h1-5,12,20H,6-9H2,(H2,21,24,27). The molecule has 0 spiro atoms. The van der Waals surface area contributed by atoms with E-state index in [0.29, 0.717) is 10.7 Å². The smallest absolute Gasteiger partial charge is 0.414 e. The Labute approximate surface area is 169 Å². The highest BCUT2D eigenvalue weighted by molar-refractivity contribution is 7.96. The fourth-order valence-corrected chi connectivity index (χ4v) is 3.36. The molecule has 1 saturated heterocycles. The Morgan fingerprint density at radius 1 is 1.43 bits per heavy atom. The third-order valence-corrected chi connectivity index (χ3v) is 4.86. The Kier molecular flexibility index (Phi) is 6.47. The number of aromatic nitrogens is 1. The van der Waals surface area contributed by atoms with Crippen molar-refractivity contribution in [1.29, 1.82) is 0 Å². The molecule has 1 fully saturated rings. The van der Waals surface area contributed by atoms with E-state index in [2.05, 4.69) is 28.2 Å². The number of cyclic esters (lactones) is 1. The van der Waals surface area contributed by atoms with Gasteiger partial charge < -0.3 is 15.4 Å². The van der Waals surface area contributed by atoms with Crippen LogP contribution in [0.25, 0.3) is 0 Å². The molecule has 8 nitrogen and oxygen atoms in total. The number of ketones is 1. The number of ether oxygens (including phenoxy) is 1. The molecule has 0 radical (unpaired) electrons. The average Bonchev–Trinajstić information content (AvgIpc) is 3.28. The lowest BCUT2D eigenvalue weighted by molar-refractivity contribution is -0.116. The third kappa shape index (κ3) is 5.20. The second-order valence-electron chi connectivity index (χ2n) is 5.96. The van der Waals surface area contributed by atoms with E-state index in [4.69, 9.17) is 4.74 Å². The van der Waals surface area contributed by atoms with E-state index in [9.17, 15) is 18.8 Å². The van der Waals surface area contributed by atoms with Crippen LogP contribution in [0.4, 0.5) is 25.4 Å². The molecule has 1 aromatic heterocycles. The van der Waals surface area contributed by atoms with Gasteiger partial charge in [-0.2, -0.15) is 0 Å². The maximum absolute atomic E-state index is 14.4. The molecule has 1 aromatic carbocycles. The summed E-state index contributed by atoms with van der Waals surface area (Å²) >= 11 is 4.97. The van der Waals surface area contributed by atoms with Crippen molar-refractivity contribution < 1.29 is 23.5 Å². The number of hydrogen-bond donors (Lipinski definition) is 3. The SMILES string of the molecule is O=C(CNc1ccc(N2CC(CNC(=O)S)OC2=O)cc1F)Cc1nccs1. The van der Waals surface area contributed by atoms with Crippen molar-refractivity contribution in [2.24, 2.45) is 0 Å². The Bertz CT molecular complexity index is 878. The van der Waals surface area contributed by atoms with Crippen molar-refractivity contribution in [1.82, 2.24) is 10.3 Å². The molecule has 1 unspecified atom stereocenters. The summed E-state index contributed by atoms with van der Waals surface area (Å²) in [5.74, 6) is -0.713. The minimum atomic E-state index is -0.628. The number of thiazole rings is 1. The molecule has 28 heavy (non-hydrogen) atoms. The fraction of sp³-hybridized carbons (Fsp3) is 0.294. The van der Waals surface area contributed by atoms with Gasteiger partial charge in [-0.1, -0.05) is 12.6 Å². The number of anilines is 2. The first-order valence-corrected chi connectivity index (χ1v) is 9.63. The van der Waals surface area contributed by atoms with Crippen LogP contribution in [0.15, 0.2) is 29.8 Å². The van der Waals surface area contributed by atoms with Gasteiger partial charge in [0.2, 0.25) is 0 Å². The summed E-state index contributed by atoms with van der Waals surface area (Å²) in [6.45, 7) is 0.256. The molecule has 0 aliphatic carbocycles. The maximum atomic E-state index is 14.4. The predicted molar refractivity (Wildman–Crippen MR) is 106 cm³/mol. The highest BCUT2D eigenvalue weighted by atomic mass is 32.1. The number of amides is 2. The zero-order valence-electron chi connectivity index (χ0n) is 14.6. The summed E-state index contributed by atoms with van der Waals surface area (Å²) in [6.07, 6.45) is 0.637. The van der Waals surface area contributed by atoms with E-state index in [0.717, 1.165) is 0 Å². The number of nitrogens with zero attached hydrogens (tertiary/aromatic N) is 2. The lowest BCUT2D eigenvalue weighted by Crippen LogP contribution is -2.32. The van der Waals surface area contributed by atoms with Crippen molar-refractivity contribution in [3.63, 3.8) is 0 Å². The van der Waals surface area contributed by atoms with Crippen LogP contribution in [0.2, 0.25) is 0 Å². The van der Waals surface area contributed by atoms with Gasteiger partial charge in [-0.3, -0.25) is 14.5 Å². The summed E-state index contributed by atoms with van der Waals surface area (Å²) in [6, 6.07) is 4.20. The van der Waals surface area contributed by atoms with Gasteiger partial charge in [0.1, 0.15) is 11.9 Å². The Balaban J connectivity index is 1.57. The van der Waals surface area contributed by atoms with Crippen LogP contribution in [0.1, 0.15) is 5.01 Å². The van der Waals surface area contributed by atoms with Crippen LogP contribution in [0.5, 0.6) is 0 Å². The Morgan fingerprint density at radius 2 is 2.25 bits per heavy atom. The number of nitrogens with one attached hydrogen (secondary N) is 2. The first-order valence-electron chi connectivity index (χ1n) is 8.31. The minimum Gasteiger partial charge on any atom is -0.442 e. The molecule has 0 saturated carbocycles. The molecular weight excluding hydrogens is 407 g/mol. The van der Waals surface area contributed by atoms with Crippen molar-refractivity contribution in [2.75, 3.05) is 29.9 Å². The minimum absolute atomic E-state index is 0.0346. The monoisotopic (exact) mass is 424 g/mol. The molecule has 1 aliphatic heterocycles. The molecule has 11 heteroatoms. The molecule has 1 atom stereocenters. The molecule has 0 bridgehead atoms. The first-order chi connectivity index (χ1) is 13.4. The zero-order valence-corrected chi connectivity index (χ0v) is 16.3. The number of carbonyl (C=O) groups is 3. The first kappa shape index (κ1) is 20.1. The molecule has 3 rings (SSSR count). The highest BCUT2D eigenvalue weighted by Gasteiger charge is 2.32. The van der Waals surface area contributed by atoms with Crippen molar-refractivity contribution in [3.05, 3.63) is 40.6 Å². The van der Waals surface area contributed by atoms with Gasteiger partial charge >= 0.3 is 6.09 Å². The van der Waals surface area contributed by atoms with Gasteiger partial charge in [0.25, 0.3) is 5.24 Å². The number of benzene rings is 1. The third-order valence-electron chi connectivity index (χ3n) is 3.93. The molecular formula is C17H17FN4O4S2. The van der Waals surface area contributed by atoms with Crippen molar-refractivity contribution >= 4 is 52.5 Å². The number of hydrogen-bond acceptors (Lipinski definition) is 7. The molecule has 2 aromatic rings. The average molecular weight is 424 g/mol. The van der Waals surface area contributed by atoms with E-state index >= 15 is 0 Å². The predicted octanol–water partition coefficient (Wildman–Crippen LogP) is 2.47. The second-order valence-corrected chi connectivity index (χ2v) is 7.35. The number of halogens is 1. The van der Waals surface area contributed by atoms with Gasteiger partial charge in [0.15, 0.2) is 5.78 Å². The Morgan fingerprint density at radius 3 is 2.93 bits per heavy atom. The van der Waals surface area contributed by atoms with E-state index in [1.165, 1.54) is 28.4 Å². The number of rotatable bonds is 8. The summed E-state index contributed by atoms with van der Waals surface area (Å²) in [4.78, 5) is 40.1. The summed E-state index contributed by atoms with van der Waals surface area (Å²) < 4.78 is 19.5. The van der Waals surface area contributed by atoms with E-state index in [1.54, 1.807) is 17.6 Å². The molecule has 2 heterocycles. The lowest BCUT2D eigenvalue weighted by Gasteiger charge is -2.15. The van der Waals surface area contributed by atoms with E-state index < -0.39 is 23.3 Å². The number of thiol groups is 1. The van der Waals surface area contributed by atoms with Crippen LogP contribution < -0.4 is 15.5 Å². The zero-order chi connectivity index (χ0) is 20.1. The van der Waals surface area contributed by atoms with Crippen molar-refractivity contribution in [3.8, 4) is 0 Å². The summed E-state index contributed by atoms with van der Waals surface area (Å²) in [7, 11) is 0. The topological polar surface area (TPSA) is 101 Å². The molecule has 1 aliphatic rings.